The topological polar surface area (TPSA) is 64.6 Å². The number of aryl methyl sites for hydroxylation is 1. The third-order valence-corrected chi connectivity index (χ3v) is 6.11. The highest BCUT2D eigenvalue weighted by Crippen LogP contribution is 2.48. The van der Waals surface area contributed by atoms with Gasteiger partial charge in [-0.05, 0) is 86.5 Å². The maximum absolute atomic E-state index is 14.4. The van der Waals surface area contributed by atoms with Crippen LogP contribution < -0.4 is 10.0 Å². The Bertz CT molecular complexity index is 1000. The smallest absolute Gasteiger partial charge is 0.215 e. The summed E-state index contributed by atoms with van der Waals surface area (Å²) in [7, 11) is 1.63. The quantitative estimate of drug-likeness (QED) is 0.228. The van der Waals surface area contributed by atoms with Gasteiger partial charge in [0, 0.05) is 12.3 Å². The maximum atomic E-state index is 14.4. The molecule has 1 amide bonds. The van der Waals surface area contributed by atoms with E-state index in [-0.39, 0.29) is 11.6 Å². The van der Waals surface area contributed by atoms with E-state index in [2.05, 4.69) is 10.0 Å². The van der Waals surface area contributed by atoms with Crippen LogP contribution in [0.25, 0.3) is 0 Å². The Morgan fingerprint density at radius 2 is 1.85 bits per heavy atom. The van der Waals surface area contributed by atoms with Crippen LogP contribution >= 0.6 is 11.9 Å². The first-order valence-corrected chi connectivity index (χ1v) is 12.0. The van der Waals surface area contributed by atoms with Gasteiger partial charge < -0.3 is 20.0 Å². The molecule has 0 bridgehead atoms. The summed E-state index contributed by atoms with van der Waals surface area (Å²) < 4.78 is 17.8. The zero-order valence-electron chi connectivity index (χ0n) is 20.1. The Morgan fingerprint density at radius 1 is 1.18 bits per heavy atom. The molecule has 0 aromatic heterocycles. The SMILES string of the molecule is CC.CC(C)=C/C(NSC1CC1c1ccc(O)cc1)=C(/Nc1ccc(C)cc1F)N(C)C=O. The molecule has 3 rings (SSSR count). The number of nitrogens with one attached hydrogen (secondary N) is 2. The molecule has 0 aliphatic heterocycles. The summed E-state index contributed by atoms with van der Waals surface area (Å²) in [5.74, 6) is 0.751. The molecule has 1 aliphatic carbocycles. The van der Waals surface area contributed by atoms with E-state index in [1.165, 1.54) is 16.5 Å². The fourth-order valence-corrected chi connectivity index (χ4v) is 4.25. The number of anilines is 1. The fourth-order valence-electron chi connectivity index (χ4n) is 3.20. The number of carbonyl (C=O) groups is 1. The minimum atomic E-state index is -0.379. The number of hydrogen-bond donors (Lipinski definition) is 3. The van der Waals surface area contributed by atoms with Crippen molar-refractivity contribution in [3.8, 4) is 5.75 Å². The highest BCUT2D eigenvalue weighted by atomic mass is 32.2. The molecule has 178 valence electrons. The second kappa shape index (κ2) is 12.3. The first kappa shape index (κ1) is 26.3. The van der Waals surface area contributed by atoms with Crippen LogP contribution in [0.4, 0.5) is 10.1 Å². The zero-order chi connectivity index (χ0) is 24.5. The Morgan fingerprint density at radius 3 is 2.42 bits per heavy atom. The summed E-state index contributed by atoms with van der Waals surface area (Å²) in [5.41, 5.74) is 4.04. The van der Waals surface area contributed by atoms with Gasteiger partial charge in [-0.3, -0.25) is 4.79 Å². The molecule has 2 aromatic rings. The number of phenols is 1. The molecule has 2 unspecified atom stereocenters. The highest BCUT2D eigenvalue weighted by molar-refractivity contribution is 7.98. The lowest BCUT2D eigenvalue weighted by molar-refractivity contribution is -0.115. The molecule has 0 radical (unpaired) electrons. The molecule has 1 aliphatic rings. The number of rotatable bonds is 9. The Balaban J connectivity index is 0.00000187. The van der Waals surface area contributed by atoms with Gasteiger partial charge in [0.2, 0.25) is 6.41 Å². The Labute approximate surface area is 200 Å². The lowest BCUT2D eigenvalue weighted by Crippen LogP contribution is -2.26. The van der Waals surface area contributed by atoms with E-state index in [4.69, 9.17) is 0 Å². The van der Waals surface area contributed by atoms with Crippen LogP contribution in [0.1, 0.15) is 51.2 Å². The lowest BCUT2D eigenvalue weighted by Gasteiger charge is -2.22. The van der Waals surface area contributed by atoms with Gasteiger partial charge in [0.05, 0.1) is 11.4 Å². The van der Waals surface area contributed by atoms with Gasteiger partial charge in [0.1, 0.15) is 17.4 Å². The largest absolute Gasteiger partial charge is 0.508 e. The third-order valence-electron chi connectivity index (χ3n) is 4.95. The van der Waals surface area contributed by atoms with Gasteiger partial charge in [-0.1, -0.05) is 37.6 Å². The fraction of sp³-hybridized carbons (Fsp3) is 0.346. The number of phenolic OH excluding ortho intramolecular Hbond substituents is 1. The Hall–Kier alpha value is -2.93. The molecular weight excluding hydrogens is 437 g/mol. The zero-order valence-corrected chi connectivity index (χ0v) is 21.0. The molecule has 1 fully saturated rings. The molecule has 1 saturated carbocycles. The van der Waals surface area contributed by atoms with Crippen molar-refractivity contribution in [3.05, 3.63) is 82.6 Å². The molecule has 3 N–H and O–H groups in total. The average molecular weight is 472 g/mol. The van der Waals surface area contributed by atoms with Crippen molar-refractivity contribution in [3.63, 3.8) is 0 Å². The number of amides is 1. The molecule has 5 nitrogen and oxygen atoms in total. The van der Waals surface area contributed by atoms with Crippen molar-refractivity contribution in [2.75, 3.05) is 12.4 Å². The number of allylic oxidation sites excluding steroid dienone is 2. The van der Waals surface area contributed by atoms with E-state index in [0.717, 1.165) is 17.6 Å². The second-order valence-electron chi connectivity index (χ2n) is 8.00. The standard InChI is InChI=1S/C24H28FN3O2S.C2H6/c1-15(2)11-22(27-31-23-13-19(23)17-6-8-18(30)9-7-17)24(28(4)14-29)26-21-10-5-16(3)12-20(21)25;1-2/h5-12,14,19,23,26-27,30H,13H2,1-4H3;1-2H3/b24-22+;. The summed E-state index contributed by atoms with van der Waals surface area (Å²) in [6.07, 6.45) is 3.64. The van der Waals surface area contributed by atoms with Crippen LogP contribution in [-0.2, 0) is 4.79 Å². The van der Waals surface area contributed by atoms with Gasteiger partial charge in [-0.25, -0.2) is 4.39 Å². The molecule has 33 heavy (non-hydrogen) atoms. The Kier molecular flexibility index (Phi) is 9.85. The summed E-state index contributed by atoms with van der Waals surface area (Å²) >= 11 is 1.58. The predicted molar refractivity (Wildman–Crippen MR) is 136 cm³/mol. The number of hydrogen-bond acceptors (Lipinski definition) is 5. The molecule has 0 saturated heterocycles. The summed E-state index contributed by atoms with van der Waals surface area (Å²) in [5, 5.41) is 12.9. The normalized spacial score (nSPS) is 17.1. The second-order valence-corrected chi connectivity index (χ2v) is 9.05. The van der Waals surface area contributed by atoms with E-state index < -0.39 is 0 Å². The first-order chi connectivity index (χ1) is 15.8. The maximum Gasteiger partial charge on any atom is 0.215 e. The molecule has 2 aromatic carbocycles. The number of aromatic hydroxyl groups is 1. The van der Waals surface area contributed by atoms with Crippen molar-refractivity contribution in [2.45, 2.75) is 52.2 Å². The van der Waals surface area contributed by atoms with E-state index in [9.17, 15) is 14.3 Å². The predicted octanol–water partition coefficient (Wildman–Crippen LogP) is 6.30. The molecule has 7 heteroatoms. The van der Waals surface area contributed by atoms with Gasteiger partial charge in [-0.15, -0.1) is 0 Å². The molecular formula is C26H34FN3O2S. The monoisotopic (exact) mass is 471 g/mol. The van der Waals surface area contributed by atoms with E-state index >= 15 is 0 Å². The van der Waals surface area contributed by atoms with Crippen molar-refractivity contribution >= 4 is 24.0 Å². The summed E-state index contributed by atoms with van der Waals surface area (Å²) in [6, 6.07) is 12.2. The summed E-state index contributed by atoms with van der Waals surface area (Å²) in [6.45, 7) is 9.76. The van der Waals surface area contributed by atoms with Crippen molar-refractivity contribution in [2.24, 2.45) is 0 Å². The average Bonchev–Trinajstić information content (AvgIpc) is 3.57. The number of halogens is 1. The van der Waals surface area contributed by atoms with Gasteiger partial charge in [-0.2, -0.15) is 0 Å². The minimum absolute atomic E-state index is 0.261. The highest BCUT2D eigenvalue weighted by Gasteiger charge is 2.39. The summed E-state index contributed by atoms with van der Waals surface area (Å²) in [4.78, 5) is 13.0. The van der Waals surface area contributed by atoms with Crippen LogP contribution in [0.2, 0.25) is 0 Å². The minimum Gasteiger partial charge on any atom is -0.508 e. The van der Waals surface area contributed by atoms with E-state index in [1.54, 1.807) is 37.2 Å². The lowest BCUT2D eigenvalue weighted by atomic mass is 10.1. The van der Waals surface area contributed by atoms with Gasteiger partial charge in [0.15, 0.2) is 0 Å². The van der Waals surface area contributed by atoms with Gasteiger partial charge >= 0.3 is 0 Å². The third kappa shape index (κ3) is 7.56. The van der Waals surface area contributed by atoms with Crippen molar-refractivity contribution < 1.29 is 14.3 Å². The molecule has 0 spiro atoms. The van der Waals surface area contributed by atoms with E-state index in [0.29, 0.717) is 34.8 Å². The molecule has 0 heterocycles. The van der Waals surface area contributed by atoms with Crippen LogP contribution in [0.3, 0.4) is 0 Å². The van der Waals surface area contributed by atoms with Crippen LogP contribution in [-0.4, -0.2) is 28.7 Å². The number of nitrogens with zero attached hydrogens (tertiary/aromatic N) is 1. The van der Waals surface area contributed by atoms with Crippen molar-refractivity contribution in [1.29, 1.82) is 0 Å². The van der Waals surface area contributed by atoms with Crippen molar-refractivity contribution in [1.82, 2.24) is 9.62 Å². The molecule has 2 atom stereocenters. The van der Waals surface area contributed by atoms with Gasteiger partial charge in [0.25, 0.3) is 0 Å². The number of carbonyl (C=O) groups excluding carboxylic acids is 1. The first-order valence-electron chi connectivity index (χ1n) is 11.1. The van der Waals surface area contributed by atoms with Crippen LogP contribution in [0.5, 0.6) is 5.75 Å². The van der Waals surface area contributed by atoms with E-state index in [1.807, 2.05) is 58.9 Å². The van der Waals surface area contributed by atoms with Crippen LogP contribution in [0, 0.1) is 12.7 Å². The van der Waals surface area contributed by atoms with Crippen LogP contribution in [0.15, 0.2) is 65.6 Å². The number of benzene rings is 2.